The summed E-state index contributed by atoms with van der Waals surface area (Å²) in [6.07, 6.45) is 6.87. The second-order valence-electron chi connectivity index (χ2n) is 7.02. The van der Waals surface area contributed by atoms with Gasteiger partial charge in [0, 0.05) is 26.2 Å². The molecule has 19 heavy (non-hydrogen) atoms. The lowest BCUT2D eigenvalue weighted by molar-refractivity contribution is -0.102. The first-order chi connectivity index (χ1) is 9.29. The van der Waals surface area contributed by atoms with Crippen LogP contribution in [0.5, 0.6) is 0 Å². The van der Waals surface area contributed by atoms with Crippen molar-refractivity contribution in [2.24, 2.45) is 23.7 Å². The quantitative estimate of drug-likeness (QED) is 0.786. The highest BCUT2D eigenvalue weighted by Gasteiger charge is 2.50. The number of amides is 1. The van der Waals surface area contributed by atoms with Gasteiger partial charge in [-0.25, -0.2) is 4.79 Å². The summed E-state index contributed by atoms with van der Waals surface area (Å²) in [5.74, 6) is 3.22. The number of nitrogens with one attached hydrogen (secondary N) is 1. The van der Waals surface area contributed by atoms with Crippen LogP contribution in [0.25, 0.3) is 0 Å². The largest absolute Gasteiger partial charge is 0.446 e. The third-order valence-electron chi connectivity index (χ3n) is 5.75. The fraction of sp³-hybridized carbons (Fsp3) is 0.933. The van der Waals surface area contributed by atoms with Gasteiger partial charge in [-0.2, -0.15) is 0 Å². The summed E-state index contributed by atoms with van der Waals surface area (Å²) in [6, 6.07) is 0. The lowest BCUT2D eigenvalue weighted by Crippen LogP contribution is -2.53. The Hall–Kier alpha value is -0.770. The molecule has 1 aliphatic heterocycles. The van der Waals surface area contributed by atoms with E-state index in [-0.39, 0.29) is 12.2 Å². The van der Waals surface area contributed by atoms with Crippen LogP contribution in [0.2, 0.25) is 0 Å². The molecule has 1 N–H and O–H groups in total. The van der Waals surface area contributed by atoms with Gasteiger partial charge in [-0.3, -0.25) is 0 Å². The predicted octanol–water partition coefficient (Wildman–Crippen LogP) is 1.85. The van der Waals surface area contributed by atoms with Crippen molar-refractivity contribution in [2.45, 2.75) is 38.2 Å². The van der Waals surface area contributed by atoms with Crippen LogP contribution >= 0.6 is 0 Å². The number of hydrogen-bond acceptors (Lipinski definition) is 3. The Bertz CT molecular complexity index is 337. The van der Waals surface area contributed by atoms with Gasteiger partial charge in [-0.1, -0.05) is 0 Å². The van der Waals surface area contributed by atoms with E-state index in [9.17, 15) is 4.79 Å². The molecular weight excluding hydrogens is 240 g/mol. The van der Waals surface area contributed by atoms with Crippen molar-refractivity contribution in [1.82, 2.24) is 10.2 Å². The van der Waals surface area contributed by atoms with Gasteiger partial charge in [0.2, 0.25) is 0 Å². The van der Waals surface area contributed by atoms with Crippen molar-refractivity contribution < 1.29 is 9.53 Å². The van der Waals surface area contributed by atoms with Gasteiger partial charge >= 0.3 is 6.09 Å². The van der Waals surface area contributed by atoms with E-state index in [0.29, 0.717) is 11.8 Å². The average molecular weight is 264 g/mol. The molecule has 1 heterocycles. The average Bonchev–Trinajstić information content (AvgIpc) is 2.43. The van der Waals surface area contributed by atoms with Gasteiger partial charge in [0.1, 0.15) is 6.10 Å². The Kier molecular flexibility index (Phi) is 2.94. The lowest BCUT2D eigenvalue weighted by Gasteiger charge is -2.53. The van der Waals surface area contributed by atoms with E-state index in [0.717, 1.165) is 38.0 Å². The van der Waals surface area contributed by atoms with Crippen molar-refractivity contribution in [3.05, 3.63) is 0 Å². The van der Waals surface area contributed by atoms with Crippen molar-refractivity contribution in [1.29, 1.82) is 0 Å². The number of carbonyl (C=O) groups excluding carboxylic acids is 1. The molecule has 4 bridgehead atoms. The Morgan fingerprint density at radius 2 is 1.53 bits per heavy atom. The number of ether oxygens (including phenoxy) is 1. The molecule has 0 radical (unpaired) electrons. The predicted molar refractivity (Wildman–Crippen MR) is 71.8 cm³/mol. The minimum atomic E-state index is -0.0565. The summed E-state index contributed by atoms with van der Waals surface area (Å²) in [5, 5.41) is 3.28. The maximum Gasteiger partial charge on any atom is 0.410 e. The first-order valence-corrected chi connectivity index (χ1v) is 7.96. The number of rotatable bonds is 1. The molecule has 5 aliphatic rings. The van der Waals surface area contributed by atoms with E-state index in [1.165, 1.54) is 32.1 Å². The normalized spacial score (nSPS) is 44.4. The molecule has 4 saturated carbocycles. The Balaban J connectivity index is 1.41. The van der Waals surface area contributed by atoms with Gasteiger partial charge in [-0.05, 0) is 55.8 Å². The monoisotopic (exact) mass is 264 g/mol. The summed E-state index contributed by atoms with van der Waals surface area (Å²) < 4.78 is 5.93. The smallest absolute Gasteiger partial charge is 0.410 e. The molecular formula is C15H24N2O2. The molecule has 0 aromatic heterocycles. The van der Waals surface area contributed by atoms with Crippen molar-refractivity contribution >= 4 is 6.09 Å². The molecule has 4 nitrogen and oxygen atoms in total. The van der Waals surface area contributed by atoms with Crippen LogP contribution in [0.1, 0.15) is 32.1 Å². The SMILES string of the molecule is O=C(OC1C2CC3CC(C2)CC1C3)N1CCNCC1. The molecule has 0 unspecified atom stereocenters. The molecule has 5 fully saturated rings. The van der Waals surface area contributed by atoms with E-state index in [1.54, 1.807) is 0 Å². The summed E-state index contributed by atoms with van der Waals surface area (Å²) in [4.78, 5) is 14.1. The third-order valence-corrected chi connectivity index (χ3v) is 5.75. The lowest BCUT2D eigenvalue weighted by atomic mass is 9.55. The zero-order valence-electron chi connectivity index (χ0n) is 11.5. The molecule has 0 spiro atoms. The zero-order valence-corrected chi connectivity index (χ0v) is 11.5. The third kappa shape index (κ3) is 2.14. The zero-order chi connectivity index (χ0) is 12.8. The molecule has 1 amide bonds. The Morgan fingerprint density at radius 1 is 0.947 bits per heavy atom. The van der Waals surface area contributed by atoms with Gasteiger partial charge in [-0.15, -0.1) is 0 Å². The van der Waals surface area contributed by atoms with Crippen LogP contribution in [0.15, 0.2) is 0 Å². The summed E-state index contributed by atoms with van der Waals surface area (Å²) in [6.45, 7) is 3.39. The molecule has 0 aromatic rings. The van der Waals surface area contributed by atoms with Crippen molar-refractivity contribution in [3.8, 4) is 0 Å². The summed E-state index contributed by atoms with van der Waals surface area (Å²) in [7, 11) is 0. The molecule has 0 atom stereocenters. The second kappa shape index (κ2) is 4.65. The Labute approximate surface area is 114 Å². The number of nitrogens with zero attached hydrogens (tertiary/aromatic N) is 1. The van der Waals surface area contributed by atoms with E-state index >= 15 is 0 Å². The highest BCUT2D eigenvalue weighted by molar-refractivity contribution is 5.68. The molecule has 106 valence electrons. The maximum atomic E-state index is 12.3. The topological polar surface area (TPSA) is 41.6 Å². The number of carbonyl (C=O) groups is 1. The highest BCUT2D eigenvalue weighted by atomic mass is 16.6. The molecule has 4 heteroatoms. The van der Waals surface area contributed by atoms with E-state index in [4.69, 9.17) is 4.74 Å². The minimum absolute atomic E-state index is 0.0565. The molecule has 0 aromatic carbocycles. The fourth-order valence-electron chi connectivity index (χ4n) is 5.11. The van der Waals surface area contributed by atoms with Crippen LogP contribution in [-0.4, -0.2) is 43.3 Å². The van der Waals surface area contributed by atoms with Crippen LogP contribution in [0.4, 0.5) is 4.79 Å². The standard InChI is InChI=1S/C15H24N2O2/c18-15(17-3-1-16-2-4-17)19-14-12-6-10-5-11(8-12)9-13(14)7-10/h10-14,16H,1-9H2. The van der Waals surface area contributed by atoms with Crippen LogP contribution < -0.4 is 5.32 Å². The second-order valence-corrected chi connectivity index (χ2v) is 7.02. The van der Waals surface area contributed by atoms with Crippen molar-refractivity contribution in [3.63, 3.8) is 0 Å². The summed E-state index contributed by atoms with van der Waals surface area (Å²) >= 11 is 0. The first kappa shape index (κ1) is 12.0. The van der Waals surface area contributed by atoms with Gasteiger partial charge in [0.05, 0.1) is 0 Å². The van der Waals surface area contributed by atoms with Crippen LogP contribution in [0, 0.1) is 23.7 Å². The van der Waals surface area contributed by atoms with E-state index < -0.39 is 0 Å². The van der Waals surface area contributed by atoms with Crippen LogP contribution in [0.3, 0.4) is 0 Å². The minimum Gasteiger partial charge on any atom is -0.446 e. The van der Waals surface area contributed by atoms with Gasteiger partial charge < -0.3 is 15.0 Å². The van der Waals surface area contributed by atoms with Gasteiger partial charge in [0.15, 0.2) is 0 Å². The highest BCUT2D eigenvalue weighted by Crippen LogP contribution is 2.54. The van der Waals surface area contributed by atoms with E-state index in [1.807, 2.05) is 4.90 Å². The van der Waals surface area contributed by atoms with E-state index in [2.05, 4.69) is 5.32 Å². The summed E-state index contributed by atoms with van der Waals surface area (Å²) in [5.41, 5.74) is 0. The molecule has 4 aliphatic carbocycles. The van der Waals surface area contributed by atoms with Crippen LogP contribution in [-0.2, 0) is 4.74 Å². The number of hydrogen-bond donors (Lipinski definition) is 1. The molecule has 1 saturated heterocycles. The fourth-order valence-corrected chi connectivity index (χ4v) is 5.11. The molecule has 5 rings (SSSR count). The van der Waals surface area contributed by atoms with Gasteiger partial charge in [0.25, 0.3) is 0 Å². The van der Waals surface area contributed by atoms with Crippen molar-refractivity contribution in [2.75, 3.05) is 26.2 Å². The number of piperazine rings is 1. The Morgan fingerprint density at radius 3 is 2.11 bits per heavy atom. The first-order valence-electron chi connectivity index (χ1n) is 7.96. The maximum absolute atomic E-state index is 12.3.